The SMILES string of the molecule is O=C1Nc2cc(-c3cccn4c(CCC5CC5)nnc34)ccc2C12CCCC2. The number of benzene rings is 1. The fourth-order valence-corrected chi connectivity index (χ4v) is 5.17. The van der Waals surface area contributed by atoms with Gasteiger partial charge in [-0.2, -0.15) is 0 Å². The van der Waals surface area contributed by atoms with Gasteiger partial charge in [-0.1, -0.05) is 37.8 Å². The first-order chi connectivity index (χ1) is 13.7. The molecule has 1 amide bonds. The lowest BCUT2D eigenvalue weighted by Gasteiger charge is -2.20. The van der Waals surface area contributed by atoms with Crippen LogP contribution < -0.4 is 5.32 Å². The lowest BCUT2D eigenvalue weighted by atomic mass is 9.80. The fourth-order valence-electron chi connectivity index (χ4n) is 5.17. The lowest BCUT2D eigenvalue weighted by molar-refractivity contribution is -0.120. The van der Waals surface area contributed by atoms with Crippen molar-refractivity contribution in [3.05, 3.63) is 47.9 Å². The van der Waals surface area contributed by atoms with Crippen molar-refractivity contribution >= 4 is 17.2 Å². The summed E-state index contributed by atoms with van der Waals surface area (Å²) in [5.41, 5.74) is 4.91. The smallest absolute Gasteiger partial charge is 0.235 e. The molecule has 2 fully saturated rings. The molecule has 1 aromatic carbocycles. The molecule has 2 aliphatic carbocycles. The number of carbonyl (C=O) groups is 1. The molecule has 28 heavy (non-hydrogen) atoms. The van der Waals surface area contributed by atoms with Crippen molar-refractivity contribution in [2.45, 2.75) is 56.8 Å². The summed E-state index contributed by atoms with van der Waals surface area (Å²) >= 11 is 0. The quantitative estimate of drug-likeness (QED) is 0.733. The average Bonchev–Trinajstić information content (AvgIpc) is 3.14. The maximum Gasteiger partial charge on any atom is 0.235 e. The first kappa shape index (κ1) is 16.3. The number of hydrogen-bond acceptors (Lipinski definition) is 3. The predicted molar refractivity (Wildman–Crippen MR) is 108 cm³/mol. The van der Waals surface area contributed by atoms with E-state index < -0.39 is 0 Å². The fraction of sp³-hybridized carbons (Fsp3) is 0.435. The van der Waals surface area contributed by atoms with Crippen LogP contribution in [0.3, 0.4) is 0 Å². The summed E-state index contributed by atoms with van der Waals surface area (Å²) in [5.74, 6) is 2.11. The molecule has 3 aliphatic rings. The van der Waals surface area contributed by atoms with Crippen LogP contribution >= 0.6 is 0 Å². The number of carbonyl (C=O) groups excluding carboxylic acids is 1. The van der Waals surface area contributed by atoms with Gasteiger partial charge in [0.15, 0.2) is 5.65 Å². The Balaban J connectivity index is 1.40. The van der Waals surface area contributed by atoms with Gasteiger partial charge in [0.05, 0.1) is 5.41 Å². The molecule has 0 bridgehead atoms. The Morgan fingerprint density at radius 2 is 2.00 bits per heavy atom. The molecule has 6 rings (SSSR count). The highest BCUT2D eigenvalue weighted by Gasteiger charge is 2.48. The van der Waals surface area contributed by atoms with E-state index >= 15 is 0 Å². The van der Waals surface area contributed by atoms with Crippen LogP contribution in [0.4, 0.5) is 5.69 Å². The van der Waals surface area contributed by atoms with Gasteiger partial charge in [-0.05, 0) is 54.5 Å². The maximum absolute atomic E-state index is 12.7. The first-order valence-electron chi connectivity index (χ1n) is 10.5. The van der Waals surface area contributed by atoms with Gasteiger partial charge in [0.2, 0.25) is 5.91 Å². The van der Waals surface area contributed by atoms with Crippen LogP contribution in [0.2, 0.25) is 0 Å². The zero-order chi connectivity index (χ0) is 18.7. The Bertz CT molecular complexity index is 1090. The van der Waals surface area contributed by atoms with E-state index in [1.165, 1.54) is 24.8 Å². The summed E-state index contributed by atoms with van der Waals surface area (Å²) in [7, 11) is 0. The molecule has 0 atom stereocenters. The molecule has 142 valence electrons. The van der Waals surface area contributed by atoms with Gasteiger partial charge in [-0.25, -0.2) is 0 Å². The monoisotopic (exact) mass is 372 g/mol. The number of anilines is 1. The molecule has 0 saturated heterocycles. The molecule has 3 heterocycles. The molecule has 3 aromatic rings. The Hall–Kier alpha value is -2.69. The van der Waals surface area contributed by atoms with E-state index in [1.807, 2.05) is 0 Å². The van der Waals surface area contributed by atoms with Gasteiger partial charge in [-0.15, -0.1) is 10.2 Å². The average molecular weight is 372 g/mol. The van der Waals surface area contributed by atoms with E-state index in [4.69, 9.17) is 0 Å². The molecule has 1 aliphatic heterocycles. The molecular formula is C23H24N4O. The van der Waals surface area contributed by atoms with Crippen LogP contribution in [0.15, 0.2) is 36.5 Å². The van der Waals surface area contributed by atoms with Crippen molar-refractivity contribution in [3.8, 4) is 11.1 Å². The molecule has 2 saturated carbocycles. The summed E-state index contributed by atoms with van der Waals surface area (Å²) in [5, 5.41) is 12.1. The predicted octanol–water partition coefficient (Wildman–Crippen LogP) is 4.50. The third-order valence-corrected chi connectivity index (χ3v) is 6.96. The minimum Gasteiger partial charge on any atom is -0.325 e. The van der Waals surface area contributed by atoms with E-state index in [1.54, 1.807) is 0 Å². The zero-order valence-corrected chi connectivity index (χ0v) is 15.9. The number of amides is 1. The standard InChI is InChI=1S/C23H24N4O/c28-22-23(11-1-2-12-23)18-9-8-16(14-19(18)24-22)17-4-3-13-27-20(25-26-21(17)27)10-7-15-5-6-15/h3-4,8-9,13-15H,1-2,5-7,10-12H2,(H,24,28). The second-order valence-electron chi connectivity index (χ2n) is 8.72. The number of rotatable bonds is 4. The second kappa shape index (κ2) is 5.90. The highest BCUT2D eigenvalue weighted by molar-refractivity contribution is 6.07. The second-order valence-corrected chi connectivity index (χ2v) is 8.72. The molecular weight excluding hydrogens is 348 g/mol. The zero-order valence-electron chi connectivity index (χ0n) is 15.9. The minimum atomic E-state index is -0.287. The van der Waals surface area contributed by atoms with Crippen molar-refractivity contribution in [2.75, 3.05) is 5.32 Å². The van der Waals surface area contributed by atoms with Gasteiger partial charge in [0.1, 0.15) is 5.82 Å². The van der Waals surface area contributed by atoms with Crippen molar-refractivity contribution in [2.24, 2.45) is 5.92 Å². The Labute approximate surface area is 164 Å². The molecule has 1 N–H and O–H groups in total. The number of aryl methyl sites for hydroxylation is 1. The number of pyridine rings is 1. The number of hydrogen-bond donors (Lipinski definition) is 1. The summed E-state index contributed by atoms with van der Waals surface area (Å²) in [6.07, 6.45) is 11.2. The van der Waals surface area contributed by atoms with Crippen LogP contribution in [0, 0.1) is 5.92 Å². The molecule has 5 nitrogen and oxygen atoms in total. The van der Waals surface area contributed by atoms with E-state index in [2.05, 4.69) is 56.4 Å². The van der Waals surface area contributed by atoms with E-state index in [0.29, 0.717) is 0 Å². The summed E-state index contributed by atoms with van der Waals surface area (Å²) in [6.45, 7) is 0. The van der Waals surface area contributed by atoms with Crippen LogP contribution in [0.25, 0.3) is 16.8 Å². The summed E-state index contributed by atoms with van der Waals surface area (Å²) in [6, 6.07) is 10.6. The van der Waals surface area contributed by atoms with Crippen LogP contribution in [-0.4, -0.2) is 20.5 Å². The summed E-state index contributed by atoms with van der Waals surface area (Å²) in [4.78, 5) is 12.7. The summed E-state index contributed by atoms with van der Waals surface area (Å²) < 4.78 is 2.13. The van der Waals surface area contributed by atoms with Gasteiger partial charge >= 0.3 is 0 Å². The Morgan fingerprint density at radius 1 is 1.14 bits per heavy atom. The number of nitrogens with zero attached hydrogens (tertiary/aromatic N) is 3. The number of aromatic nitrogens is 3. The Kier molecular flexibility index (Phi) is 3.43. The molecule has 1 spiro atoms. The van der Waals surface area contributed by atoms with Gasteiger partial charge < -0.3 is 5.32 Å². The molecule has 0 radical (unpaired) electrons. The van der Waals surface area contributed by atoms with Gasteiger partial charge in [0, 0.05) is 23.9 Å². The Morgan fingerprint density at radius 3 is 2.82 bits per heavy atom. The van der Waals surface area contributed by atoms with Crippen molar-refractivity contribution < 1.29 is 4.79 Å². The largest absolute Gasteiger partial charge is 0.325 e. The van der Waals surface area contributed by atoms with Gasteiger partial charge in [-0.3, -0.25) is 9.20 Å². The normalized spacial score (nSPS) is 20.1. The third kappa shape index (κ3) is 2.35. The first-order valence-corrected chi connectivity index (χ1v) is 10.5. The number of nitrogens with one attached hydrogen (secondary N) is 1. The molecule has 5 heteroatoms. The third-order valence-electron chi connectivity index (χ3n) is 6.96. The maximum atomic E-state index is 12.7. The van der Waals surface area contributed by atoms with E-state index in [9.17, 15) is 4.79 Å². The highest BCUT2D eigenvalue weighted by atomic mass is 16.2. The van der Waals surface area contributed by atoms with E-state index in [-0.39, 0.29) is 11.3 Å². The lowest BCUT2D eigenvalue weighted by Crippen LogP contribution is -2.30. The van der Waals surface area contributed by atoms with Crippen LogP contribution in [-0.2, 0) is 16.6 Å². The number of fused-ring (bicyclic) bond motifs is 3. The van der Waals surface area contributed by atoms with Crippen LogP contribution in [0.5, 0.6) is 0 Å². The van der Waals surface area contributed by atoms with E-state index in [0.717, 1.165) is 66.3 Å². The van der Waals surface area contributed by atoms with Crippen LogP contribution in [0.1, 0.15) is 56.3 Å². The minimum absolute atomic E-state index is 0.181. The molecule has 2 aromatic heterocycles. The van der Waals surface area contributed by atoms with Crippen molar-refractivity contribution in [3.63, 3.8) is 0 Å². The highest BCUT2D eigenvalue weighted by Crippen LogP contribution is 2.49. The molecule has 0 unspecified atom stereocenters. The van der Waals surface area contributed by atoms with Gasteiger partial charge in [0.25, 0.3) is 0 Å². The topological polar surface area (TPSA) is 59.3 Å². The van der Waals surface area contributed by atoms with Crippen molar-refractivity contribution in [1.82, 2.24) is 14.6 Å². The van der Waals surface area contributed by atoms with Crippen molar-refractivity contribution in [1.29, 1.82) is 0 Å².